The molecule has 3 amide bonds. The Labute approximate surface area is 183 Å². The van der Waals surface area contributed by atoms with Crippen LogP contribution in [-0.2, 0) is 28.0 Å². The van der Waals surface area contributed by atoms with Crippen molar-refractivity contribution in [3.63, 3.8) is 0 Å². The molecule has 0 saturated carbocycles. The SMILES string of the molecule is CCCc1ccc([C@@]2(C)NC(=O)N(CC(=O)c3cc(C)n(CCOC)c3C)C2=O)cc1. The first-order chi connectivity index (χ1) is 14.7. The highest BCUT2D eigenvalue weighted by atomic mass is 16.5. The highest BCUT2D eigenvalue weighted by Crippen LogP contribution is 2.29. The van der Waals surface area contributed by atoms with Gasteiger partial charge in [-0.1, -0.05) is 37.6 Å². The van der Waals surface area contributed by atoms with Crippen LogP contribution in [0, 0.1) is 13.8 Å². The van der Waals surface area contributed by atoms with Gasteiger partial charge in [0.25, 0.3) is 5.91 Å². The summed E-state index contributed by atoms with van der Waals surface area (Å²) in [7, 11) is 1.63. The van der Waals surface area contributed by atoms with Gasteiger partial charge >= 0.3 is 6.03 Å². The van der Waals surface area contributed by atoms with Crippen molar-refractivity contribution >= 4 is 17.7 Å². The number of ketones is 1. The van der Waals surface area contributed by atoms with Crippen molar-refractivity contribution in [3.05, 3.63) is 58.4 Å². The summed E-state index contributed by atoms with van der Waals surface area (Å²) in [4.78, 5) is 39.8. The number of ether oxygens (including phenoxy) is 1. The summed E-state index contributed by atoms with van der Waals surface area (Å²) < 4.78 is 7.14. The van der Waals surface area contributed by atoms with Crippen LogP contribution in [0.4, 0.5) is 4.79 Å². The summed E-state index contributed by atoms with van der Waals surface area (Å²) in [6.07, 6.45) is 2.00. The van der Waals surface area contributed by atoms with Crippen LogP contribution in [0.25, 0.3) is 0 Å². The summed E-state index contributed by atoms with van der Waals surface area (Å²) in [5.74, 6) is -0.676. The molecule has 166 valence electrons. The molecular formula is C24H31N3O4. The van der Waals surface area contributed by atoms with Crippen LogP contribution >= 0.6 is 0 Å². The fourth-order valence-electron chi connectivity index (χ4n) is 4.17. The fraction of sp³-hybridized carbons (Fsp3) is 0.458. The number of urea groups is 1. The van der Waals surface area contributed by atoms with E-state index in [2.05, 4.69) is 12.2 Å². The van der Waals surface area contributed by atoms with Gasteiger partial charge in [-0.2, -0.15) is 0 Å². The van der Waals surface area contributed by atoms with Crippen LogP contribution in [0.15, 0.2) is 30.3 Å². The molecule has 31 heavy (non-hydrogen) atoms. The van der Waals surface area contributed by atoms with Crippen molar-refractivity contribution in [1.29, 1.82) is 0 Å². The van der Waals surface area contributed by atoms with E-state index >= 15 is 0 Å². The van der Waals surface area contributed by atoms with E-state index in [9.17, 15) is 14.4 Å². The van der Waals surface area contributed by atoms with Crippen LogP contribution in [0.5, 0.6) is 0 Å². The third kappa shape index (κ3) is 4.28. The Morgan fingerprint density at radius 3 is 2.45 bits per heavy atom. The molecule has 1 aliphatic heterocycles. The molecular weight excluding hydrogens is 394 g/mol. The predicted molar refractivity (Wildman–Crippen MR) is 118 cm³/mol. The zero-order valence-electron chi connectivity index (χ0n) is 18.9. The second-order valence-electron chi connectivity index (χ2n) is 8.25. The van der Waals surface area contributed by atoms with Crippen LogP contribution in [-0.4, -0.2) is 47.4 Å². The number of hydrogen-bond acceptors (Lipinski definition) is 4. The number of nitrogens with zero attached hydrogens (tertiary/aromatic N) is 2. The van der Waals surface area contributed by atoms with E-state index in [1.807, 2.05) is 42.7 Å². The Hall–Kier alpha value is -2.93. The molecule has 0 spiro atoms. The molecule has 0 bridgehead atoms. The highest BCUT2D eigenvalue weighted by Gasteiger charge is 2.49. The quantitative estimate of drug-likeness (QED) is 0.494. The topological polar surface area (TPSA) is 80.6 Å². The summed E-state index contributed by atoms with van der Waals surface area (Å²) >= 11 is 0. The summed E-state index contributed by atoms with van der Waals surface area (Å²) in [5.41, 5.74) is 2.97. The second-order valence-corrected chi connectivity index (χ2v) is 8.25. The molecule has 1 fully saturated rings. The Morgan fingerprint density at radius 1 is 1.16 bits per heavy atom. The van der Waals surface area contributed by atoms with Gasteiger partial charge < -0.3 is 14.6 Å². The van der Waals surface area contributed by atoms with Crippen molar-refractivity contribution in [2.45, 2.75) is 52.6 Å². The van der Waals surface area contributed by atoms with E-state index in [0.29, 0.717) is 24.3 Å². The zero-order chi connectivity index (χ0) is 22.8. The van der Waals surface area contributed by atoms with Crippen LogP contribution in [0.1, 0.15) is 53.1 Å². The standard InChI is InChI=1S/C24H31N3O4/c1-6-7-18-8-10-19(11-9-18)24(4)22(29)27(23(30)25-24)15-21(28)20-14-16(2)26(17(20)3)12-13-31-5/h8-11,14H,6-7,12-13,15H2,1-5H3,(H,25,30)/t24-/m1/s1. The minimum absolute atomic E-state index is 0.261. The van der Waals surface area contributed by atoms with Gasteiger partial charge in [-0.25, -0.2) is 4.79 Å². The number of aryl methyl sites for hydroxylation is 2. The number of carbonyl (C=O) groups is 3. The van der Waals surface area contributed by atoms with E-state index in [-0.39, 0.29) is 12.3 Å². The monoisotopic (exact) mass is 425 g/mol. The number of methoxy groups -OCH3 is 1. The fourth-order valence-corrected chi connectivity index (χ4v) is 4.17. The lowest BCUT2D eigenvalue weighted by atomic mass is 9.91. The van der Waals surface area contributed by atoms with Crippen LogP contribution in [0.3, 0.4) is 0 Å². The average Bonchev–Trinajstić information content (AvgIpc) is 3.14. The first kappa shape index (κ1) is 22.7. The molecule has 7 nitrogen and oxygen atoms in total. The van der Waals surface area contributed by atoms with Crippen molar-refractivity contribution in [1.82, 2.24) is 14.8 Å². The third-order valence-corrected chi connectivity index (χ3v) is 6.04. The van der Waals surface area contributed by atoms with E-state index in [0.717, 1.165) is 29.1 Å². The Kier molecular flexibility index (Phi) is 6.65. The molecule has 0 aliphatic carbocycles. The summed E-state index contributed by atoms with van der Waals surface area (Å²) in [5, 5.41) is 2.78. The zero-order valence-corrected chi connectivity index (χ0v) is 18.9. The van der Waals surface area contributed by atoms with Gasteiger partial charge in [0, 0.05) is 30.6 Å². The van der Waals surface area contributed by atoms with Gasteiger partial charge in [-0.05, 0) is 44.4 Å². The molecule has 1 saturated heterocycles. The summed E-state index contributed by atoms with van der Waals surface area (Å²) in [6, 6.07) is 8.96. The molecule has 0 radical (unpaired) electrons. The maximum atomic E-state index is 13.2. The molecule has 7 heteroatoms. The second kappa shape index (κ2) is 9.06. The minimum atomic E-state index is -1.18. The molecule has 2 heterocycles. The first-order valence-corrected chi connectivity index (χ1v) is 10.6. The number of aromatic nitrogens is 1. The van der Waals surface area contributed by atoms with E-state index in [1.165, 1.54) is 5.56 Å². The number of nitrogens with one attached hydrogen (secondary N) is 1. The lowest BCUT2D eigenvalue weighted by molar-refractivity contribution is -0.130. The molecule has 1 N–H and O–H groups in total. The molecule has 1 aliphatic rings. The third-order valence-electron chi connectivity index (χ3n) is 6.04. The Bertz CT molecular complexity index is 993. The number of carbonyl (C=O) groups excluding carboxylic acids is 3. The van der Waals surface area contributed by atoms with Crippen molar-refractivity contribution < 1.29 is 19.1 Å². The highest BCUT2D eigenvalue weighted by molar-refractivity contribution is 6.11. The predicted octanol–water partition coefficient (Wildman–Crippen LogP) is 3.35. The van der Waals surface area contributed by atoms with E-state index < -0.39 is 17.5 Å². The largest absolute Gasteiger partial charge is 0.383 e. The van der Waals surface area contributed by atoms with Crippen LogP contribution in [0.2, 0.25) is 0 Å². The van der Waals surface area contributed by atoms with Crippen molar-refractivity contribution in [2.24, 2.45) is 0 Å². The molecule has 1 aromatic carbocycles. The maximum Gasteiger partial charge on any atom is 0.325 e. The molecule has 1 aromatic heterocycles. The lowest BCUT2D eigenvalue weighted by Gasteiger charge is -2.22. The van der Waals surface area contributed by atoms with Gasteiger partial charge in [0.05, 0.1) is 13.2 Å². The Balaban J connectivity index is 1.79. The van der Waals surface area contributed by atoms with E-state index in [1.54, 1.807) is 20.1 Å². The summed E-state index contributed by atoms with van der Waals surface area (Å²) in [6.45, 7) is 8.46. The van der Waals surface area contributed by atoms with Gasteiger partial charge in [0.1, 0.15) is 5.54 Å². The average molecular weight is 426 g/mol. The maximum absolute atomic E-state index is 13.2. The number of rotatable bonds is 9. The molecule has 1 atom stereocenters. The van der Waals surface area contributed by atoms with Gasteiger partial charge in [0.15, 0.2) is 5.78 Å². The Morgan fingerprint density at radius 2 is 1.84 bits per heavy atom. The minimum Gasteiger partial charge on any atom is -0.383 e. The number of Topliss-reactive ketones (excluding diaryl/α,β-unsaturated/α-hetero) is 1. The smallest absolute Gasteiger partial charge is 0.325 e. The number of hydrogen-bond donors (Lipinski definition) is 1. The molecule has 3 rings (SSSR count). The molecule has 0 unspecified atom stereocenters. The molecule has 2 aromatic rings. The van der Waals surface area contributed by atoms with Gasteiger partial charge in [-0.3, -0.25) is 14.5 Å². The number of benzene rings is 1. The normalized spacial score (nSPS) is 18.5. The number of imide groups is 1. The van der Waals surface area contributed by atoms with Crippen molar-refractivity contribution in [2.75, 3.05) is 20.3 Å². The first-order valence-electron chi connectivity index (χ1n) is 10.6. The van der Waals surface area contributed by atoms with Crippen LogP contribution < -0.4 is 5.32 Å². The number of amides is 3. The van der Waals surface area contributed by atoms with Gasteiger partial charge in [-0.15, -0.1) is 0 Å². The van der Waals surface area contributed by atoms with E-state index in [4.69, 9.17) is 4.74 Å². The lowest BCUT2D eigenvalue weighted by Crippen LogP contribution is -2.41. The van der Waals surface area contributed by atoms with Gasteiger partial charge in [0.2, 0.25) is 0 Å². The van der Waals surface area contributed by atoms with Crippen molar-refractivity contribution in [3.8, 4) is 0 Å².